The molecule has 1 heterocycles. The van der Waals surface area contributed by atoms with Gasteiger partial charge in [0, 0.05) is 5.69 Å². The Morgan fingerprint density at radius 1 is 0.880 bits per heavy atom. The van der Waals surface area contributed by atoms with Crippen LogP contribution >= 0.6 is 0 Å². The maximum Gasteiger partial charge on any atom is 0.290 e. The first-order chi connectivity index (χ1) is 12.1. The van der Waals surface area contributed by atoms with Crippen LogP contribution in [0.4, 0.5) is 0 Å². The van der Waals surface area contributed by atoms with Crippen LogP contribution in [0.25, 0.3) is 33.7 Å². The molecular formula is C22H17NO2. The Balaban J connectivity index is 1.94. The summed E-state index contributed by atoms with van der Waals surface area (Å²) in [5.41, 5.74) is 1.87. The van der Waals surface area contributed by atoms with E-state index < -0.39 is 5.56 Å². The fraction of sp³-hybridized carbons (Fsp3) is 0.0455. The third-order valence-corrected chi connectivity index (χ3v) is 4.46. The van der Waals surface area contributed by atoms with Crippen molar-refractivity contribution in [3.8, 4) is 5.75 Å². The van der Waals surface area contributed by atoms with E-state index in [-0.39, 0.29) is 5.75 Å². The van der Waals surface area contributed by atoms with Crippen LogP contribution in [0.3, 0.4) is 0 Å². The van der Waals surface area contributed by atoms with Crippen LogP contribution in [-0.4, -0.2) is 10.1 Å². The number of aryl methyl sites for hydroxylation is 1. The van der Waals surface area contributed by atoms with Gasteiger partial charge < -0.3 is 10.1 Å². The highest BCUT2D eigenvalue weighted by Gasteiger charge is 2.06. The standard InChI is InChI=1S/C22H17NO2/c1-14-12-17(23-22(25)21(14)24)10-11-20-18-8-4-2-6-15(18)13-16-7-3-5-9-19(16)20/h2-13,24H,1H3,(H,23,25). The number of aromatic hydroxyl groups is 1. The zero-order valence-electron chi connectivity index (χ0n) is 13.8. The lowest BCUT2D eigenvalue weighted by Gasteiger charge is -2.08. The molecule has 0 unspecified atom stereocenters. The predicted molar refractivity (Wildman–Crippen MR) is 104 cm³/mol. The number of hydrogen-bond donors (Lipinski definition) is 2. The Hall–Kier alpha value is -3.33. The molecule has 4 aromatic rings. The number of rotatable bonds is 2. The normalized spacial score (nSPS) is 11.6. The lowest BCUT2D eigenvalue weighted by Crippen LogP contribution is -2.07. The molecular weight excluding hydrogens is 310 g/mol. The van der Waals surface area contributed by atoms with Crippen LogP contribution in [-0.2, 0) is 0 Å². The van der Waals surface area contributed by atoms with Gasteiger partial charge in [0.2, 0.25) is 0 Å². The zero-order chi connectivity index (χ0) is 17.4. The Bertz CT molecular complexity index is 1130. The van der Waals surface area contributed by atoms with Crippen LogP contribution in [0, 0.1) is 6.92 Å². The minimum atomic E-state index is -0.470. The van der Waals surface area contributed by atoms with Crippen LogP contribution in [0.15, 0.2) is 65.5 Å². The third-order valence-electron chi connectivity index (χ3n) is 4.46. The van der Waals surface area contributed by atoms with Crippen LogP contribution in [0.5, 0.6) is 5.75 Å². The van der Waals surface area contributed by atoms with Gasteiger partial charge in [-0.15, -0.1) is 0 Å². The zero-order valence-corrected chi connectivity index (χ0v) is 13.8. The first kappa shape index (κ1) is 15.2. The third kappa shape index (κ3) is 2.70. The molecule has 2 N–H and O–H groups in total. The van der Waals surface area contributed by atoms with E-state index in [1.54, 1.807) is 13.0 Å². The first-order valence-electron chi connectivity index (χ1n) is 8.15. The van der Waals surface area contributed by atoms with Gasteiger partial charge >= 0.3 is 0 Å². The summed E-state index contributed by atoms with van der Waals surface area (Å²) < 4.78 is 0. The topological polar surface area (TPSA) is 53.1 Å². The van der Waals surface area contributed by atoms with E-state index >= 15 is 0 Å². The molecule has 122 valence electrons. The van der Waals surface area contributed by atoms with E-state index in [1.807, 2.05) is 36.4 Å². The fourth-order valence-electron chi connectivity index (χ4n) is 3.20. The van der Waals surface area contributed by atoms with Crippen molar-refractivity contribution in [2.75, 3.05) is 0 Å². The van der Waals surface area contributed by atoms with E-state index in [1.165, 1.54) is 10.8 Å². The lowest BCUT2D eigenvalue weighted by atomic mass is 9.96. The molecule has 0 saturated heterocycles. The minimum Gasteiger partial charge on any atom is -0.503 e. The minimum absolute atomic E-state index is 0.229. The van der Waals surface area contributed by atoms with Crippen LogP contribution in [0.1, 0.15) is 16.8 Å². The summed E-state index contributed by atoms with van der Waals surface area (Å²) in [4.78, 5) is 14.4. The van der Waals surface area contributed by atoms with Gasteiger partial charge in [0.25, 0.3) is 5.56 Å². The monoisotopic (exact) mass is 327 g/mol. The van der Waals surface area contributed by atoms with Crippen molar-refractivity contribution in [3.05, 3.63) is 87.8 Å². The van der Waals surface area contributed by atoms with Crippen molar-refractivity contribution in [2.24, 2.45) is 0 Å². The molecule has 0 atom stereocenters. The summed E-state index contributed by atoms with van der Waals surface area (Å²) in [5, 5.41) is 14.3. The average molecular weight is 327 g/mol. The van der Waals surface area contributed by atoms with Gasteiger partial charge in [-0.1, -0.05) is 54.6 Å². The molecule has 3 heteroatoms. The number of nitrogens with one attached hydrogen (secondary N) is 1. The quantitative estimate of drug-likeness (QED) is 0.516. The van der Waals surface area contributed by atoms with Crippen LogP contribution in [0.2, 0.25) is 0 Å². The summed E-state index contributed by atoms with van der Waals surface area (Å²) in [6.45, 7) is 1.72. The number of benzene rings is 3. The number of hydrogen-bond acceptors (Lipinski definition) is 2. The Labute approximate surface area is 144 Å². The highest BCUT2D eigenvalue weighted by atomic mass is 16.3. The Morgan fingerprint density at radius 3 is 2.08 bits per heavy atom. The van der Waals surface area contributed by atoms with Crippen molar-refractivity contribution < 1.29 is 5.11 Å². The van der Waals surface area contributed by atoms with Gasteiger partial charge in [0.1, 0.15) is 0 Å². The van der Waals surface area contributed by atoms with Gasteiger partial charge in [0.05, 0.1) is 0 Å². The molecule has 4 rings (SSSR count). The summed E-state index contributed by atoms with van der Waals surface area (Å²) in [6.07, 6.45) is 3.90. The molecule has 3 nitrogen and oxygen atoms in total. The summed E-state index contributed by atoms with van der Waals surface area (Å²) in [7, 11) is 0. The van der Waals surface area contributed by atoms with Gasteiger partial charge in [-0.05, 0) is 57.8 Å². The SMILES string of the molecule is Cc1cc(C=Cc2c3ccccc3cc3ccccc23)[nH]c(=O)c1O. The van der Waals surface area contributed by atoms with Gasteiger partial charge in [-0.25, -0.2) is 0 Å². The molecule has 0 amide bonds. The highest BCUT2D eigenvalue weighted by molar-refractivity contribution is 6.07. The molecule has 0 aliphatic rings. The van der Waals surface area contributed by atoms with E-state index in [0.29, 0.717) is 11.3 Å². The van der Waals surface area contributed by atoms with E-state index in [9.17, 15) is 9.90 Å². The smallest absolute Gasteiger partial charge is 0.290 e. The van der Waals surface area contributed by atoms with Crippen molar-refractivity contribution in [1.82, 2.24) is 4.98 Å². The number of fused-ring (bicyclic) bond motifs is 2. The first-order valence-corrected chi connectivity index (χ1v) is 8.15. The second kappa shape index (κ2) is 5.95. The van der Waals surface area contributed by atoms with E-state index in [0.717, 1.165) is 16.3 Å². The highest BCUT2D eigenvalue weighted by Crippen LogP contribution is 2.29. The second-order valence-electron chi connectivity index (χ2n) is 6.15. The average Bonchev–Trinajstić information content (AvgIpc) is 2.63. The van der Waals surface area contributed by atoms with Crippen molar-refractivity contribution in [1.29, 1.82) is 0 Å². The Morgan fingerprint density at radius 2 is 1.48 bits per heavy atom. The van der Waals surface area contributed by atoms with Crippen molar-refractivity contribution in [3.63, 3.8) is 0 Å². The van der Waals surface area contributed by atoms with Crippen molar-refractivity contribution >= 4 is 33.7 Å². The van der Waals surface area contributed by atoms with Crippen LogP contribution < -0.4 is 5.56 Å². The maximum atomic E-state index is 11.8. The molecule has 3 aromatic carbocycles. The van der Waals surface area contributed by atoms with Crippen molar-refractivity contribution in [2.45, 2.75) is 6.92 Å². The summed E-state index contributed by atoms with van der Waals surface area (Å²) in [5.74, 6) is -0.229. The Kier molecular flexibility index (Phi) is 3.62. The summed E-state index contributed by atoms with van der Waals surface area (Å²) >= 11 is 0. The molecule has 0 spiro atoms. The number of aromatic nitrogens is 1. The van der Waals surface area contributed by atoms with E-state index in [2.05, 4.69) is 35.3 Å². The number of aromatic amines is 1. The van der Waals surface area contributed by atoms with Gasteiger partial charge in [-0.2, -0.15) is 0 Å². The fourth-order valence-corrected chi connectivity index (χ4v) is 3.20. The predicted octanol–water partition coefficient (Wildman–Crippen LogP) is 4.87. The van der Waals surface area contributed by atoms with Gasteiger partial charge in [-0.3, -0.25) is 4.79 Å². The molecule has 0 bridgehead atoms. The maximum absolute atomic E-state index is 11.8. The largest absolute Gasteiger partial charge is 0.503 e. The van der Waals surface area contributed by atoms with E-state index in [4.69, 9.17) is 0 Å². The number of H-pyrrole nitrogens is 1. The molecule has 1 aromatic heterocycles. The second-order valence-corrected chi connectivity index (χ2v) is 6.15. The number of pyridine rings is 1. The molecule has 0 saturated carbocycles. The molecule has 0 radical (unpaired) electrons. The molecule has 25 heavy (non-hydrogen) atoms. The molecule has 0 fully saturated rings. The molecule has 0 aliphatic carbocycles. The molecule has 0 aliphatic heterocycles. The van der Waals surface area contributed by atoms with Gasteiger partial charge in [0.15, 0.2) is 5.75 Å². The summed E-state index contributed by atoms with van der Waals surface area (Å²) in [6, 6.07) is 20.5. The lowest BCUT2D eigenvalue weighted by molar-refractivity contribution is 0.462.